The molecule has 1 aliphatic heterocycles. The Labute approximate surface area is 149 Å². The largest absolute Gasteiger partial charge is 0.311 e. The number of benzene rings is 2. The van der Waals surface area contributed by atoms with Gasteiger partial charge in [-0.25, -0.2) is 8.42 Å². The van der Waals surface area contributed by atoms with E-state index in [1.165, 1.54) is 12.1 Å². The molecule has 1 heterocycles. The van der Waals surface area contributed by atoms with Gasteiger partial charge in [-0.1, -0.05) is 33.6 Å². The molecule has 0 spiro atoms. The maximum atomic E-state index is 12.5. The van der Waals surface area contributed by atoms with Crippen molar-refractivity contribution < 1.29 is 13.2 Å². The van der Waals surface area contributed by atoms with Crippen LogP contribution in [0.1, 0.15) is 12.0 Å². The maximum absolute atomic E-state index is 12.5. The van der Waals surface area contributed by atoms with E-state index >= 15 is 0 Å². The molecule has 126 valence electrons. The zero-order valence-electron chi connectivity index (χ0n) is 13.1. The summed E-state index contributed by atoms with van der Waals surface area (Å²) in [6, 6.07) is 13.2. The van der Waals surface area contributed by atoms with Crippen molar-refractivity contribution in [3.05, 3.63) is 58.6 Å². The van der Waals surface area contributed by atoms with Crippen molar-refractivity contribution in [1.82, 2.24) is 4.72 Å². The lowest BCUT2D eigenvalue weighted by Gasteiger charge is -2.17. The van der Waals surface area contributed by atoms with Crippen LogP contribution in [0, 0.1) is 6.92 Å². The molecule has 7 heteroatoms. The third-order valence-corrected chi connectivity index (χ3v) is 5.99. The molecule has 1 fully saturated rings. The van der Waals surface area contributed by atoms with Crippen LogP contribution in [0.25, 0.3) is 0 Å². The highest BCUT2D eigenvalue weighted by Crippen LogP contribution is 2.23. The zero-order chi connectivity index (χ0) is 17.3. The molecule has 1 N–H and O–H groups in total. The quantitative estimate of drug-likeness (QED) is 0.845. The molecule has 0 radical (unpaired) electrons. The van der Waals surface area contributed by atoms with Gasteiger partial charge in [0.15, 0.2) is 0 Å². The van der Waals surface area contributed by atoms with Gasteiger partial charge < -0.3 is 4.90 Å². The van der Waals surface area contributed by atoms with Crippen LogP contribution in [-0.4, -0.2) is 26.9 Å². The average Bonchev–Trinajstić information content (AvgIpc) is 2.89. The highest BCUT2D eigenvalue weighted by atomic mass is 79.9. The molecule has 1 saturated heterocycles. The molecule has 3 rings (SSSR count). The standard InChI is InChI=1S/C17H17BrN2O3S/c1-12-2-6-14(7-3-12)20-11-10-16(17(20)21)19-24(22,23)15-8-4-13(18)5-9-15/h2-9,16,19H,10-11H2,1H3/t16-/m0/s1. The van der Waals surface area contributed by atoms with Crippen molar-refractivity contribution in [3.63, 3.8) is 0 Å². The number of hydrogen-bond acceptors (Lipinski definition) is 3. The minimum Gasteiger partial charge on any atom is -0.311 e. The Morgan fingerprint density at radius 1 is 1.08 bits per heavy atom. The minimum absolute atomic E-state index is 0.146. The van der Waals surface area contributed by atoms with Gasteiger partial charge in [-0.2, -0.15) is 4.72 Å². The Bertz CT molecular complexity index is 848. The number of anilines is 1. The Kier molecular flexibility index (Phi) is 4.76. The Morgan fingerprint density at radius 2 is 1.71 bits per heavy atom. The number of rotatable bonds is 4. The van der Waals surface area contributed by atoms with Gasteiger partial charge in [0, 0.05) is 16.7 Å². The van der Waals surface area contributed by atoms with Crippen LogP contribution in [0.15, 0.2) is 57.9 Å². The molecule has 0 unspecified atom stereocenters. The van der Waals surface area contributed by atoms with E-state index < -0.39 is 16.1 Å². The second kappa shape index (κ2) is 6.66. The highest BCUT2D eigenvalue weighted by molar-refractivity contribution is 9.10. The van der Waals surface area contributed by atoms with Crippen molar-refractivity contribution in [2.24, 2.45) is 0 Å². The van der Waals surface area contributed by atoms with Crippen LogP contribution in [0.2, 0.25) is 0 Å². The minimum atomic E-state index is -3.72. The molecule has 2 aromatic carbocycles. The lowest BCUT2D eigenvalue weighted by molar-refractivity contribution is -0.118. The number of halogens is 1. The summed E-state index contributed by atoms with van der Waals surface area (Å²) in [7, 11) is -3.72. The normalized spacial score (nSPS) is 18.2. The number of sulfonamides is 1. The molecule has 24 heavy (non-hydrogen) atoms. The first-order valence-corrected chi connectivity index (χ1v) is 9.80. The van der Waals surface area contributed by atoms with Gasteiger partial charge in [-0.05, 0) is 49.7 Å². The number of carbonyl (C=O) groups is 1. The number of aryl methyl sites for hydroxylation is 1. The summed E-state index contributed by atoms with van der Waals surface area (Å²) in [6.45, 7) is 2.47. The monoisotopic (exact) mass is 408 g/mol. The third-order valence-electron chi connectivity index (χ3n) is 3.97. The molecule has 1 amide bonds. The fourth-order valence-corrected chi connectivity index (χ4v) is 4.13. The number of carbonyl (C=O) groups excluding carboxylic acids is 1. The average molecular weight is 409 g/mol. The van der Waals surface area contributed by atoms with E-state index in [0.717, 1.165) is 15.7 Å². The topological polar surface area (TPSA) is 66.5 Å². The van der Waals surface area contributed by atoms with Gasteiger partial charge in [-0.3, -0.25) is 4.79 Å². The first kappa shape index (κ1) is 17.1. The second-order valence-electron chi connectivity index (χ2n) is 5.74. The molecular formula is C17H17BrN2O3S. The molecule has 2 aromatic rings. The van der Waals surface area contributed by atoms with Crippen molar-refractivity contribution in [2.45, 2.75) is 24.3 Å². The fourth-order valence-electron chi connectivity index (χ4n) is 2.64. The Hall–Kier alpha value is -1.70. The Balaban J connectivity index is 1.76. The van der Waals surface area contributed by atoms with Crippen LogP contribution >= 0.6 is 15.9 Å². The van der Waals surface area contributed by atoms with E-state index in [-0.39, 0.29) is 10.8 Å². The van der Waals surface area contributed by atoms with Crippen molar-refractivity contribution in [1.29, 1.82) is 0 Å². The van der Waals surface area contributed by atoms with Crippen LogP contribution in [0.4, 0.5) is 5.69 Å². The summed E-state index contributed by atoms with van der Waals surface area (Å²) >= 11 is 3.27. The predicted molar refractivity (Wildman–Crippen MR) is 96.4 cm³/mol. The zero-order valence-corrected chi connectivity index (χ0v) is 15.5. The van der Waals surface area contributed by atoms with Gasteiger partial charge in [-0.15, -0.1) is 0 Å². The van der Waals surface area contributed by atoms with Gasteiger partial charge in [0.25, 0.3) is 0 Å². The molecule has 0 bridgehead atoms. The van der Waals surface area contributed by atoms with Crippen LogP contribution in [0.5, 0.6) is 0 Å². The third kappa shape index (κ3) is 3.53. The highest BCUT2D eigenvalue weighted by Gasteiger charge is 2.35. The van der Waals surface area contributed by atoms with E-state index in [1.807, 2.05) is 31.2 Å². The Morgan fingerprint density at radius 3 is 2.33 bits per heavy atom. The smallest absolute Gasteiger partial charge is 0.245 e. The van der Waals surface area contributed by atoms with Gasteiger partial charge in [0.2, 0.25) is 15.9 Å². The molecule has 1 aliphatic rings. The van der Waals surface area contributed by atoms with E-state index in [1.54, 1.807) is 17.0 Å². The van der Waals surface area contributed by atoms with Gasteiger partial charge in [0.1, 0.15) is 6.04 Å². The number of nitrogens with one attached hydrogen (secondary N) is 1. The number of hydrogen-bond donors (Lipinski definition) is 1. The molecule has 1 atom stereocenters. The van der Waals surface area contributed by atoms with E-state index in [0.29, 0.717) is 13.0 Å². The second-order valence-corrected chi connectivity index (χ2v) is 8.37. The van der Waals surface area contributed by atoms with Crippen LogP contribution in [0.3, 0.4) is 0 Å². The van der Waals surface area contributed by atoms with E-state index in [9.17, 15) is 13.2 Å². The van der Waals surface area contributed by atoms with Gasteiger partial charge >= 0.3 is 0 Å². The summed E-state index contributed by atoms with van der Waals surface area (Å²) in [5, 5.41) is 0. The van der Waals surface area contributed by atoms with Gasteiger partial charge in [0.05, 0.1) is 4.90 Å². The summed E-state index contributed by atoms with van der Waals surface area (Å²) in [6.07, 6.45) is 0.447. The number of amides is 1. The first-order chi connectivity index (χ1) is 11.4. The van der Waals surface area contributed by atoms with Crippen molar-refractivity contribution in [3.8, 4) is 0 Å². The summed E-state index contributed by atoms with van der Waals surface area (Å²) < 4.78 is 28.2. The predicted octanol–water partition coefficient (Wildman–Crippen LogP) is 2.84. The van der Waals surface area contributed by atoms with E-state index in [4.69, 9.17) is 0 Å². The number of nitrogens with zero attached hydrogens (tertiary/aromatic N) is 1. The molecule has 0 aromatic heterocycles. The summed E-state index contributed by atoms with van der Waals surface area (Å²) in [5.41, 5.74) is 1.90. The summed E-state index contributed by atoms with van der Waals surface area (Å²) in [4.78, 5) is 14.3. The van der Waals surface area contributed by atoms with Crippen molar-refractivity contribution in [2.75, 3.05) is 11.4 Å². The fraction of sp³-hybridized carbons (Fsp3) is 0.235. The van der Waals surface area contributed by atoms with Crippen molar-refractivity contribution >= 4 is 37.5 Å². The SMILES string of the molecule is Cc1ccc(N2CC[C@H](NS(=O)(=O)c3ccc(Br)cc3)C2=O)cc1. The molecule has 0 aliphatic carbocycles. The molecule has 0 saturated carbocycles. The summed E-state index contributed by atoms with van der Waals surface area (Å²) in [5.74, 6) is -0.223. The maximum Gasteiger partial charge on any atom is 0.245 e. The van der Waals surface area contributed by atoms with Crippen LogP contribution in [-0.2, 0) is 14.8 Å². The lowest BCUT2D eigenvalue weighted by atomic mass is 10.2. The molecule has 5 nitrogen and oxygen atoms in total. The van der Waals surface area contributed by atoms with Crippen LogP contribution < -0.4 is 9.62 Å². The molecular weight excluding hydrogens is 392 g/mol. The lowest BCUT2D eigenvalue weighted by Crippen LogP contribution is -2.41. The first-order valence-electron chi connectivity index (χ1n) is 7.53. The van der Waals surface area contributed by atoms with E-state index in [2.05, 4.69) is 20.7 Å².